The van der Waals surface area contributed by atoms with E-state index in [4.69, 9.17) is 5.73 Å². The zero-order chi connectivity index (χ0) is 13.7. The maximum atomic E-state index is 5.72. The zero-order valence-corrected chi connectivity index (χ0v) is 11.2. The van der Waals surface area contributed by atoms with Crippen LogP contribution in [0.3, 0.4) is 0 Å². The highest BCUT2D eigenvalue weighted by Gasteiger charge is 2.07. The molecule has 2 aromatic heterocycles. The van der Waals surface area contributed by atoms with E-state index in [1.54, 1.807) is 6.20 Å². The summed E-state index contributed by atoms with van der Waals surface area (Å²) >= 11 is 0. The van der Waals surface area contributed by atoms with E-state index in [0.717, 1.165) is 30.3 Å². The van der Waals surface area contributed by atoms with Gasteiger partial charge in [0.15, 0.2) is 0 Å². The molecule has 3 N–H and O–H groups in total. The standard InChI is InChI=1S/C13H18N6/c1-3-16-11-7-12(18-13(14)17-11)19(2)9-10-5-4-6-15-8-10/h4-8H,3,9H2,1-2H3,(H3,14,16,17,18). The Kier molecular flexibility index (Phi) is 4.12. The molecule has 0 saturated heterocycles. The van der Waals surface area contributed by atoms with E-state index in [1.807, 2.05) is 43.3 Å². The fourth-order valence-electron chi connectivity index (χ4n) is 1.77. The molecule has 0 aliphatic heterocycles. The van der Waals surface area contributed by atoms with Crippen LogP contribution in [0.1, 0.15) is 12.5 Å². The Morgan fingerprint density at radius 1 is 1.37 bits per heavy atom. The first-order chi connectivity index (χ1) is 9.19. The van der Waals surface area contributed by atoms with Crippen molar-refractivity contribution in [3.63, 3.8) is 0 Å². The molecule has 0 atom stereocenters. The second kappa shape index (κ2) is 5.99. The summed E-state index contributed by atoms with van der Waals surface area (Å²) in [5, 5.41) is 3.14. The van der Waals surface area contributed by atoms with Crippen molar-refractivity contribution in [2.75, 3.05) is 29.5 Å². The van der Waals surface area contributed by atoms with Gasteiger partial charge in [0.25, 0.3) is 0 Å². The van der Waals surface area contributed by atoms with Crippen LogP contribution in [0, 0.1) is 0 Å². The minimum atomic E-state index is 0.270. The van der Waals surface area contributed by atoms with Gasteiger partial charge in [0, 0.05) is 38.6 Å². The highest BCUT2D eigenvalue weighted by atomic mass is 15.2. The maximum Gasteiger partial charge on any atom is 0.223 e. The maximum absolute atomic E-state index is 5.72. The second-order valence-electron chi connectivity index (χ2n) is 4.22. The minimum absolute atomic E-state index is 0.270. The van der Waals surface area contributed by atoms with Crippen molar-refractivity contribution >= 4 is 17.6 Å². The van der Waals surface area contributed by atoms with Crippen LogP contribution < -0.4 is 16.0 Å². The summed E-state index contributed by atoms with van der Waals surface area (Å²) < 4.78 is 0. The predicted octanol–water partition coefficient (Wildman–Crippen LogP) is 1.52. The Morgan fingerprint density at radius 3 is 2.89 bits per heavy atom. The molecule has 6 heteroatoms. The number of hydrogen-bond acceptors (Lipinski definition) is 6. The fourth-order valence-corrected chi connectivity index (χ4v) is 1.77. The van der Waals surface area contributed by atoms with E-state index < -0.39 is 0 Å². The average Bonchev–Trinajstić information content (AvgIpc) is 2.39. The molecule has 6 nitrogen and oxygen atoms in total. The topological polar surface area (TPSA) is 80.0 Å². The summed E-state index contributed by atoms with van der Waals surface area (Å²) in [6, 6.07) is 5.83. The van der Waals surface area contributed by atoms with E-state index in [-0.39, 0.29) is 5.95 Å². The summed E-state index contributed by atoms with van der Waals surface area (Å²) in [5.41, 5.74) is 6.84. The lowest BCUT2D eigenvalue weighted by atomic mass is 10.3. The number of nitrogens with zero attached hydrogens (tertiary/aromatic N) is 4. The van der Waals surface area contributed by atoms with Crippen molar-refractivity contribution in [3.8, 4) is 0 Å². The number of anilines is 3. The molecule has 0 aliphatic carbocycles. The summed E-state index contributed by atoms with van der Waals surface area (Å²) in [5.74, 6) is 1.79. The van der Waals surface area contributed by atoms with Gasteiger partial charge in [0.1, 0.15) is 11.6 Å². The molecule has 2 heterocycles. The van der Waals surface area contributed by atoms with Gasteiger partial charge in [-0.2, -0.15) is 9.97 Å². The third-order valence-corrected chi connectivity index (χ3v) is 2.62. The fraction of sp³-hybridized carbons (Fsp3) is 0.308. The number of rotatable bonds is 5. The lowest BCUT2D eigenvalue weighted by Gasteiger charge is -2.19. The van der Waals surface area contributed by atoms with Crippen molar-refractivity contribution in [1.29, 1.82) is 0 Å². The van der Waals surface area contributed by atoms with Gasteiger partial charge in [-0.1, -0.05) is 6.07 Å². The van der Waals surface area contributed by atoms with E-state index >= 15 is 0 Å². The first-order valence-electron chi connectivity index (χ1n) is 6.17. The number of nitrogens with one attached hydrogen (secondary N) is 1. The van der Waals surface area contributed by atoms with Crippen LogP contribution >= 0.6 is 0 Å². The lowest BCUT2D eigenvalue weighted by molar-refractivity contribution is 0.887. The first kappa shape index (κ1) is 13.1. The number of aromatic nitrogens is 3. The van der Waals surface area contributed by atoms with Crippen LogP contribution in [-0.4, -0.2) is 28.5 Å². The molecule has 2 rings (SSSR count). The Bertz CT molecular complexity index is 528. The molecule has 0 saturated carbocycles. The molecule has 0 radical (unpaired) electrons. The molecule has 0 bridgehead atoms. The average molecular weight is 258 g/mol. The number of pyridine rings is 1. The summed E-state index contributed by atoms with van der Waals surface area (Å²) in [6.45, 7) is 3.52. The molecule has 0 aromatic carbocycles. The molecule has 0 unspecified atom stereocenters. The normalized spacial score (nSPS) is 10.2. The monoisotopic (exact) mass is 258 g/mol. The number of nitrogen functional groups attached to an aromatic ring is 1. The van der Waals surface area contributed by atoms with Gasteiger partial charge in [-0.05, 0) is 18.6 Å². The van der Waals surface area contributed by atoms with E-state index in [9.17, 15) is 0 Å². The Hall–Kier alpha value is -2.37. The minimum Gasteiger partial charge on any atom is -0.370 e. The lowest BCUT2D eigenvalue weighted by Crippen LogP contribution is -2.19. The highest BCUT2D eigenvalue weighted by Crippen LogP contribution is 2.17. The van der Waals surface area contributed by atoms with Gasteiger partial charge in [0.05, 0.1) is 0 Å². The van der Waals surface area contributed by atoms with E-state index in [1.165, 1.54) is 0 Å². The largest absolute Gasteiger partial charge is 0.370 e. The third-order valence-electron chi connectivity index (χ3n) is 2.62. The third kappa shape index (κ3) is 3.54. The van der Waals surface area contributed by atoms with Crippen LogP contribution in [0.4, 0.5) is 17.6 Å². The van der Waals surface area contributed by atoms with Crippen molar-refractivity contribution in [2.45, 2.75) is 13.5 Å². The van der Waals surface area contributed by atoms with Gasteiger partial charge in [-0.3, -0.25) is 4.98 Å². The smallest absolute Gasteiger partial charge is 0.223 e. The molecule has 0 spiro atoms. The van der Waals surface area contributed by atoms with Crippen molar-refractivity contribution in [1.82, 2.24) is 15.0 Å². The van der Waals surface area contributed by atoms with Crippen LogP contribution in [0.5, 0.6) is 0 Å². The molecule has 0 amide bonds. The van der Waals surface area contributed by atoms with Crippen LogP contribution in [0.25, 0.3) is 0 Å². The zero-order valence-electron chi connectivity index (χ0n) is 11.2. The second-order valence-corrected chi connectivity index (χ2v) is 4.22. The van der Waals surface area contributed by atoms with Gasteiger partial charge < -0.3 is 16.0 Å². The van der Waals surface area contributed by atoms with E-state index in [0.29, 0.717) is 0 Å². The van der Waals surface area contributed by atoms with Gasteiger partial charge >= 0.3 is 0 Å². The molecule has 100 valence electrons. The molecule has 0 fully saturated rings. The molecule has 0 aliphatic rings. The van der Waals surface area contributed by atoms with Crippen LogP contribution in [0.15, 0.2) is 30.6 Å². The van der Waals surface area contributed by atoms with Crippen LogP contribution in [-0.2, 0) is 6.54 Å². The molecular formula is C13H18N6. The van der Waals surface area contributed by atoms with Crippen molar-refractivity contribution in [2.24, 2.45) is 0 Å². The van der Waals surface area contributed by atoms with Gasteiger partial charge in [-0.15, -0.1) is 0 Å². The van der Waals surface area contributed by atoms with Gasteiger partial charge in [0.2, 0.25) is 5.95 Å². The Balaban J connectivity index is 2.16. The SMILES string of the molecule is CCNc1cc(N(C)Cc2cccnc2)nc(N)n1. The quantitative estimate of drug-likeness (QED) is 0.846. The summed E-state index contributed by atoms with van der Waals surface area (Å²) in [4.78, 5) is 14.5. The van der Waals surface area contributed by atoms with Gasteiger partial charge in [-0.25, -0.2) is 0 Å². The van der Waals surface area contributed by atoms with Crippen molar-refractivity contribution < 1.29 is 0 Å². The summed E-state index contributed by atoms with van der Waals surface area (Å²) in [7, 11) is 1.96. The number of nitrogens with two attached hydrogens (primary N) is 1. The first-order valence-corrected chi connectivity index (χ1v) is 6.17. The Morgan fingerprint density at radius 2 is 2.21 bits per heavy atom. The predicted molar refractivity (Wildman–Crippen MR) is 77.0 cm³/mol. The number of hydrogen-bond donors (Lipinski definition) is 2. The van der Waals surface area contributed by atoms with Crippen LogP contribution in [0.2, 0.25) is 0 Å². The molecule has 19 heavy (non-hydrogen) atoms. The molecule has 2 aromatic rings. The van der Waals surface area contributed by atoms with E-state index in [2.05, 4.69) is 20.3 Å². The summed E-state index contributed by atoms with van der Waals surface area (Å²) in [6.07, 6.45) is 3.60. The van der Waals surface area contributed by atoms with Crippen molar-refractivity contribution in [3.05, 3.63) is 36.2 Å². The Labute approximate surface area is 112 Å². The molecular weight excluding hydrogens is 240 g/mol. The highest BCUT2D eigenvalue weighted by molar-refractivity contribution is 5.52.